The highest BCUT2D eigenvalue weighted by Gasteiger charge is 2.29. The highest BCUT2D eigenvalue weighted by Crippen LogP contribution is 2.09. The second-order valence-electron chi connectivity index (χ2n) is 5.71. The molecule has 0 bridgehead atoms. The maximum absolute atomic E-state index is 11.7. The number of carbonyl (C=O) groups excluding carboxylic acids is 3. The van der Waals surface area contributed by atoms with Crippen LogP contribution in [0, 0.1) is 5.92 Å². The molecule has 0 spiro atoms. The van der Waals surface area contributed by atoms with Crippen molar-refractivity contribution in [1.82, 2.24) is 21.1 Å². The third-order valence-electron chi connectivity index (χ3n) is 3.20. The summed E-state index contributed by atoms with van der Waals surface area (Å²) in [6.07, 6.45) is 1.23. The van der Waals surface area contributed by atoms with Crippen LogP contribution in [-0.4, -0.2) is 29.0 Å². The van der Waals surface area contributed by atoms with E-state index >= 15 is 0 Å². The van der Waals surface area contributed by atoms with E-state index in [9.17, 15) is 14.4 Å². The molecule has 0 aliphatic carbocycles. The Balaban J connectivity index is 1.70. The minimum absolute atomic E-state index is 0.144. The number of nitrogens with zero attached hydrogens (tertiary/aromatic N) is 1. The second-order valence-corrected chi connectivity index (χ2v) is 5.71. The molecule has 4 amide bonds. The van der Waals surface area contributed by atoms with Crippen LogP contribution in [0.3, 0.4) is 0 Å². The summed E-state index contributed by atoms with van der Waals surface area (Å²) < 4.78 is 5.14. The maximum Gasteiger partial charge on any atom is 0.322 e. The molecular weight excluding hydrogens is 288 g/mol. The predicted molar refractivity (Wildman–Crippen MR) is 76.6 cm³/mol. The highest BCUT2D eigenvalue weighted by molar-refractivity contribution is 6.04. The minimum atomic E-state index is -0.638. The van der Waals surface area contributed by atoms with Crippen molar-refractivity contribution in [2.75, 3.05) is 0 Å². The van der Waals surface area contributed by atoms with Gasteiger partial charge in [-0.15, -0.1) is 0 Å². The molecular formula is C14H20N4O4. The summed E-state index contributed by atoms with van der Waals surface area (Å²) in [5, 5.41) is 11.2. The van der Waals surface area contributed by atoms with Gasteiger partial charge in [-0.05, 0) is 18.8 Å². The molecule has 1 fully saturated rings. The summed E-state index contributed by atoms with van der Waals surface area (Å²) in [4.78, 5) is 34.0. The SMILES string of the molecule is CC(C)Cc1cc(CNC(=O)CCC2NC(=O)NC2=O)on1. The molecule has 8 nitrogen and oxygen atoms in total. The van der Waals surface area contributed by atoms with E-state index in [0.29, 0.717) is 11.7 Å². The molecule has 1 aliphatic heterocycles. The molecule has 22 heavy (non-hydrogen) atoms. The molecule has 3 N–H and O–H groups in total. The molecule has 0 saturated carbocycles. The zero-order valence-electron chi connectivity index (χ0n) is 12.6. The molecule has 1 aliphatic rings. The van der Waals surface area contributed by atoms with Crippen molar-refractivity contribution >= 4 is 17.8 Å². The van der Waals surface area contributed by atoms with E-state index in [-0.39, 0.29) is 25.3 Å². The summed E-state index contributed by atoms with van der Waals surface area (Å²) in [6.45, 7) is 4.44. The van der Waals surface area contributed by atoms with E-state index in [2.05, 4.69) is 35.0 Å². The molecule has 120 valence electrons. The van der Waals surface area contributed by atoms with Crippen molar-refractivity contribution in [1.29, 1.82) is 0 Å². The van der Waals surface area contributed by atoms with Crippen LogP contribution in [-0.2, 0) is 22.6 Å². The number of nitrogens with one attached hydrogen (secondary N) is 3. The Hall–Kier alpha value is -2.38. The van der Waals surface area contributed by atoms with Gasteiger partial charge in [0.25, 0.3) is 5.91 Å². The number of rotatable bonds is 7. The fourth-order valence-electron chi connectivity index (χ4n) is 2.17. The Kier molecular flexibility index (Phi) is 5.13. The fraction of sp³-hybridized carbons (Fsp3) is 0.571. The van der Waals surface area contributed by atoms with Gasteiger partial charge in [0.05, 0.1) is 12.2 Å². The van der Waals surface area contributed by atoms with Gasteiger partial charge in [0.15, 0.2) is 5.76 Å². The Labute approximate surface area is 128 Å². The maximum atomic E-state index is 11.7. The van der Waals surface area contributed by atoms with Crippen LogP contribution >= 0.6 is 0 Å². The van der Waals surface area contributed by atoms with Gasteiger partial charge in [-0.25, -0.2) is 4.79 Å². The molecule has 0 aromatic carbocycles. The zero-order chi connectivity index (χ0) is 16.1. The van der Waals surface area contributed by atoms with Crippen molar-refractivity contribution in [3.05, 3.63) is 17.5 Å². The van der Waals surface area contributed by atoms with E-state index in [0.717, 1.165) is 12.1 Å². The molecule has 0 radical (unpaired) electrons. The van der Waals surface area contributed by atoms with Crippen molar-refractivity contribution in [2.24, 2.45) is 5.92 Å². The van der Waals surface area contributed by atoms with Crippen LogP contribution in [0.5, 0.6) is 0 Å². The lowest BCUT2D eigenvalue weighted by atomic mass is 10.1. The topological polar surface area (TPSA) is 113 Å². The molecule has 2 rings (SSSR count). The smallest absolute Gasteiger partial charge is 0.322 e. The Morgan fingerprint density at radius 2 is 2.23 bits per heavy atom. The average molecular weight is 308 g/mol. The average Bonchev–Trinajstić information content (AvgIpc) is 3.00. The van der Waals surface area contributed by atoms with Crippen molar-refractivity contribution in [2.45, 2.75) is 45.7 Å². The van der Waals surface area contributed by atoms with Gasteiger partial charge in [-0.1, -0.05) is 19.0 Å². The molecule has 1 saturated heterocycles. The molecule has 1 unspecified atom stereocenters. The number of carbonyl (C=O) groups is 3. The van der Waals surface area contributed by atoms with E-state index in [4.69, 9.17) is 4.52 Å². The van der Waals surface area contributed by atoms with Crippen LogP contribution in [0.1, 0.15) is 38.1 Å². The molecule has 8 heteroatoms. The van der Waals surface area contributed by atoms with E-state index in [1.54, 1.807) is 0 Å². The second kappa shape index (κ2) is 7.06. The first kappa shape index (κ1) is 16.0. The van der Waals surface area contributed by atoms with Crippen LogP contribution in [0.2, 0.25) is 0 Å². The number of aromatic nitrogens is 1. The molecule has 1 atom stereocenters. The highest BCUT2D eigenvalue weighted by atomic mass is 16.5. The van der Waals surface area contributed by atoms with Gasteiger partial charge >= 0.3 is 6.03 Å². The van der Waals surface area contributed by atoms with Gasteiger partial charge in [0.1, 0.15) is 6.04 Å². The van der Waals surface area contributed by atoms with Gasteiger partial charge < -0.3 is 15.2 Å². The van der Waals surface area contributed by atoms with Gasteiger partial charge in [-0.3, -0.25) is 14.9 Å². The summed E-state index contributed by atoms with van der Waals surface area (Å²) in [6, 6.07) is 0.668. The van der Waals surface area contributed by atoms with E-state index < -0.39 is 18.0 Å². The lowest BCUT2D eigenvalue weighted by molar-refractivity contribution is -0.122. The third kappa shape index (κ3) is 4.57. The largest absolute Gasteiger partial charge is 0.359 e. The van der Waals surface area contributed by atoms with Crippen LogP contribution in [0.25, 0.3) is 0 Å². The van der Waals surface area contributed by atoms with Crippen molar-refractivity contribution in [3.63, 3.8) is 0 Å². The van der Waals surface area contributed by atoms with Gasteiger partial charge in [-0.2, -0.15) is 0 Å². The number of hydrogen-bond acceptors (Lipinski definition) is 5. The normalized spacial score (nSPS) is 17.5. The first-order valence-electron chi connectivity index (χ1n) is 7.26. The zero-order valence-corrected chi connectivity index (χ0v) is 12.6. The van der Waals surface area contributed by atoms with Crippen molar-refractivity contribution in [3.8, 4) is 0 Å². The number of imide groups is 1. The Morgan fingerprint density at radius 3 is 2.86 bits per heavy atom. The molecule has 1 aromatic heterocycles. The van der Waals surface area contributed by atoms with Gasteiger partial charge in [0, 0.05) is 12.5 Å². The number of amides is 4. The minimum Gasteiger partial charge on any atom is -0.359 e. The van der Waals surface area contributed by atoms with Gasteiger partial charge in [0.2, 0.25) is 5.91 Å². The third-order valence-corrected chi connectivity index (χ3v) is 3.20. The van der Waals surface area contributed by atoms with Crippen LogP contribution in [0.15, 0.2) is 10.6 Å². The van der Waals surface area contributed by atoms with Crippen LogP contribution < -0.4 is 16.0 Å². The predicted octanol–water partition coefficient (Wildman–Crippen LogP) is 0.478. The number of urea groups is 1. The monoisotopic (exact) mass is 308 g/mol. The lowest BCUT2D eigenvalue weighted by Crippen LogP contribution is -2.31. The molecule has 1 aromatic rings. The number of hydrogen-bond donors (Lipinski definition) is 3. The van der Waals surface area contributed by atoms with E-state index in [1.165, 1.54) is 0 Å². The fourth-order valence-corrected chi connectivity index (χ4v) is 2.17. The quantitative estimate of drug-likeness (QED) is 0.634. The Morgan fingerprint density at radius 1 is 1.45 bits per heavy atom. The summed E-state index contributed by atoms with van der Waals surface area (Å²) in [7, 11) is 0. The Bertz CT molecular complexity index is 567. The van der Waals surface area contributed by atoms with E-state index in [1.807, 2.05) is 6.07 Å². The summed E-state index contributed by atoms with van der Waals surface area (Å²) in [5.74, 6) is 0.471. The summed E-state index contributed by atoms with van der Waals surface area (Å²) in [5.41, 5.74) is 0.865. The summed E-state index contributed by atoms with van der Waals surface area (Å²) >= 11 is 0. The van der Waals surface area contributed by atoms with Crippen LogP contribution in [0.4, 0.5) is 4.79 Å². The lowest BCUT2D eigenvalue weighted by Gasteiger charge is -2.06. The first-order valence-corrected chi connectivity index (χ1v) is 7.26. The molecule has 2 heterocycles. The standard InChI is InChI=1S/C14H20N4O4/c1-8(2)5-9-6-10(22-18-9)7-15-12(19)4-3-11-13(20)17-14(21)16-11/h6,8,11H,3-5,7H2,1-2H3,(H,15,19)(H2,16,17,20,21). The first-order chi connectivity index (χ1) is 10.4. The van der Waals surface area contributed by atoms with Crippen molar-refractivity contribution < 1.29 is 18.9 Å².